The summed E-state index contributed by atoms with van der Waals surface area (Å²) in [6.45, 7) is 12.3. The Kier molecular flexibility index (Phi) is 8.72. The molecule has 0 aliphatic rings. The number of hydrogen-bond acceptors (Lipinski definition) is 0. The highest BCUT2D eigenvalue weighted by Gasteiger charge is 1.94. The van der Waals surface area contributed by atoms with Crippen LogP contribution >= 0.6 is 0 Å². The first-order valence-electron chi connectivity index (χ1n) is 5.97. The zero-order chi connectivity index (χ0) is 10.8. The maximum absolute atomic E-state index is 4.08. The minimum atomic E-state index is 1.20. The summed E-state index contributed by atoms with van der Waals surface area (Å²) < 4.78 is 0. The Balaban J connectivity index is 3.13. The van der Waals surface area contributed by atoms with Crippen LogP contribution in [0.2, 0.25) is 0 Å². The van der Waals surface area contributed by atoms with Gasteiger partial charge in [0, 0.05) is 0 Å². The minimum Gasteiger partial charge on any atom is -0.100 e. The fourth-order valence-electron chi connectivity index (χ4n) is 1.63. The summed E-state index contributed by atoms with van der Waals surface area (Å²) in [5.41, 5.74) is 2.76. The normalized spacial score (nSPS) is 10.1. The molecule has 0 aliphatic carbocycles. The van der Waals surface area contributed by atoms with E-state index in [1.807, 2.05) is 0 Å². The molecule has 0 fully saturated rings. The molecule has 0 aromatic heterocycles. The molecule has 0 unspecified atom stereocenters. The molecule has 0 radical (unpaired) electrons. The molecule has 0 atom stereocenters. The van der Waals surface area contributed by atoms with E-state index in [1.54, 1.807) is 0 Å². The second-order valence-corrected chi connectivity index (χ2v) is 4.37. The van der Waals surface area contributed by atoms with Crippen molar-refractivity contribution in [2.24, 2.45) is 0 Å². The second kappa shape index (κ2) is 9.05. The highest BCUT2D eigenvalue weighted by molar-refractivity contribution is 4.93. The van der Waals surface area contributed by atoms with Gasteiger partial charge in [-0.3, -0.25) is 0 Å². The molecular weight excluding hydrogens is 168 g/mol. The Morgan fingerprint density at radius 3 is 1.93 bits per heavy atom. The predicted octanol–water partition coefficient (Wildman–Crippen LogP) is 5.26. The summed E-state index contributed by atoms with van der Waals surface area (Å²) in [4.78, 5) is 0. The molecule has 0 spiro atoms. The summed E-state index contributed by atoms with van der Waals surface area (Å²) >= 11 is 0. The Labute approximate surface area is 90.1 Å². The number of unbranched alkanes of at least 4 members (excludes halogenated alkanes) is 3. The lowest BCUT2D eigenvalue weighted by atomic mass is 10.0. The molecule has 0 saturated carbocycles. The van der Waals surface area contributed by atoms with Crippen molar-refractivity contribution < 1.29 is 0 Å². The van der Waals surface area contributed by atoms with E-state index >= 15 is 0 Å². The molecule has 0 nitrogen and oxygen atoms in total. The van der Waals surface area contributed by atoms with Crippen LogP contribution in [0.1, 0.15) is 65.2 Å². The summed E-state index contributed by atoms with van der Waals surface area (Å²) in [5, 5.41) is 0. The second-order valence-electron chi connectivity index (χ2n) is 4.37. The molecule has 0 amide bonds. The summed E-state index contributed by atoms with van der Waals surface area (Å²) in [7, 11) is 0. The van der Waals surface area contributed by atoms with Gasteiger partial charge in [0.15, 0.2) is 0 Å². The van der Waals surface area contributed by atoms with E-state index in [-0.39, 0.29) is 0 Å². The number of allylic oxidation sites excluding steroid dienone is 2. The van der Waals surface area contributed by atoms with Crippen LogP contribution in [0.3, 0.4) is 0 Å². The predicted molar refractivity (Wildman–Crippen MR) is 66.6 cm³/mol. The van der Waals surface area contributed by atoms with Crippen LogP contribution in [0.15, 0.2) is 24.3 Å². The van der Waals surface area contributed by atoms with E-state index in [0.717, 1.165) is 0 Å². The van der Waals surface area contributed by atoms with E-state index in [2.05, 4.69) is 27.0 Å². The third-order valence-corrected chi connectivity index (χ3v) is 2.49. The van der Waals surface area contributed by atoms with E-state index in [1.165, 1.54) is 62.5 Å². The maximum Gasteiger partial charge on any atom is -0.0323 e. The van der Waals surface area contributed by atoms with Crippen molar-refractivity contribution in [2.75, 3.05) is 0 Å². The van der Waals surface area contributed by atoms with Crippen molar-refractivity contribution >= 4 is 0 Å². The van der Waals surface area contributed by atoms with Crippen LogP contribution in [-0.2, 0) is 0 Å². The van der Waals surface area contributed by atoms with E-state index in [0.29, 0.717) is 0 Å². The van der Waals surface area contributed by atoms with E-state index in [9.17, 15) is 0 Å². The highest BCUT2D eigenvalue weighted by atomic mass is 14.0. The zero-order valence-corrected chi connectivity index (χ0v) is 10.1. The molecule has 0 N–H and O–H groups in total. The summed E-state index contributed by atoms with van der Waals surface area (Å²) in [6.07, 6.45) is 10.3. The fourth-order valence-corrected chi connectivity index (χ4v) is 1.63. The third-order valence-electron chi connectivity index (χ3n) is 2.49. The van der Waals surface area contributed by atoms with Gasteiger partial charge in [-0.25, -0.2) is 0 Å². The monoisotopic (exact) mass is 194 g/mol. The van der Waals surface area contributed by atoms with Gasteiger partial charge in [-0.15, -0.1) is 6.58 Å². The Morgan fingerprint density at radius 1 is 0.857 bits per heavy atom. The van der Waals surface area contributed by atoms with Gasteiger partial charge < -0.3 is 0 Å². The van der Waals surface area contributed by atoms with Gasteiger partial charge >= 0.3 is 0 Å². The zero-order valence-electron chi connectivity index (χ0n) is 10.1. The molecule has 14 heavy (non-hydrogen) atoms. The lowest BCUT2D eigenvalue weighted by Crippen LogP contribution is -1.84. The fraction of sp³-hybridized carbons (Fsp3) is 0.714. The molecular formula is C14H26. The molecule has 82 valence electrons. The van der Waals surface area contributed by atoms with Crippen LogP contribution in [0.25, 0.3) is 0 Å². The van der Waals surface area contributed by atoms with Gasteiger partial charge in [-0.2, -0.15) is 0 Å². The Hall–Kier alpha value is -0.520. The molecule has 0 bridgehead atoms. The number of rotatable bonds is 9. The first-order chi connectivity index (χ1) is 6.66. The average Bonchev–Trinajstić information content (AvgIpc) is 2.11. The van der Waals surface area contributed by atoms with Crippen molar-refractivity contribution in [2.45, 2.75) is 65.2 Å². The van der Waals surface area contributed by atoms with Crippen LogP contribution in [0.5, 0.6) is 0 Å². The van der Waals surface area contributed by atoms with Gasteiger partial charge in [0.2, 0.25) is 0 Å². The van der Waals surface area contributed by atoms with Gasteiger partial charge in [0.1, 0.15) is 0 Å². The minimum absolute atomic E-state index is 1.20. The molecule has 0 aromatic carbocycles. The largest absolute Gasteiger partial charge is 0.100 e. The highest BCUT2D eigenvalue weighted by Crippen LogP contribution is 2.14. The number of hydrogen-bond donors (Lipinski definition) is 0. The van der Waals surface area contributed by atoms with Crippen molar-refractivity contribution in [1.82, 2.24) is 0 Å². The Bertz CT molecular complexity index is 165. The average molecular weight is 194 g/mol. The van der Waals surface area contributed by atoms with Crippen molar-refractivity contribution in [3.05, 3.63) is 24.3 Å². The van der Waals surface area contributed by atoms with E-state index in [4.69, 9.17) is 0 Å². The maximum atomic E-state index is 4.08. The quantitative estimate of drug-likeness (QED) is 0.347. The summed E-state index contributed by atoms with van der Waals surface area (Å²) in [6, 6.07) is 0. The van der Waals surface area contributed by atoms with Gasteiger partial charge in [0.05, 0.1) is 0 Å². The van der Waals surface area contributed by atoms with Gasteiger partial charge in [-0.1, -0.05) is 43.9 Å². The Morgan fingerprint density at radius 2 is 1.43 bits per heavy atom. The molecule has 0 heteroatoms. The van der Waals surface area contributed by atoms with Gasteiger partial charge in [0.25, 0.3) is 0 Å². The molecule has 0 aromatic rings. The SMILES string of the molecule is C=C(C)CCCCCCC(=C)CCC. The molecule has 0 rings (SSSR count). The lowest BCUT2D eigenvalue weighted by Gasteiger charge is -2.04. The molecule has 0 aliphatic heterocycles. The summed E-state index contributed by atoms with van der Waals surface area (Å²) in [5.74, 6) is 0. The lowest BCUT2D eigenvalue weighted by molar-refractivity contribution is 0.629. The van der Waals surface area contributed by atoms with E-state index < -0.39 is 0 Å². The van der Waals surface area contributed by atoms with Crippen molar-refractivity contribution in [3.8, 4) is 0 Å². The van der Waals surface area contributed by atoms with Crippen LogP contribution in [0.4, 0.5) is 0 Å². The van der Waals surface area contributed by atoms with Crippen molar-refractivity contribution in [1.29, 1.82) is 0 Å². The molecule has 0 saturated heterocycles. The first kappa shape index (κ1) is 13.5. The van der Waals surface area contributed by atoms with Crippen LogP contribution < -0.4 is 0 Å². The van der Waals surface area contributed by atoms with Crippen LogP contribution in [0, 0.1) is 0 Å². The first-order valence-corrected chi connectivity index (χ1v) is 5.97. The van der Waals surface area contributed by atoms with Gasteiger partial charge in [-0.05, 0) is 39.0 Å². The standard InChI is InChI=1S/C14H26/c1-5-10-14(4)12-9-7-6-8-11-13(2)3/h2,4-12H2,1,3H3. The molecule has 0 heterocycles. The topological polar surface area (TPSA) is 0 Å². The smallest absolute Gasteiger partial charge is 0.0323 e. The third kappa shape index (κ3) is 9.57. The van der Waals surface area contributed by atoms with Crippen molar-refractivity contribution in [3.63, 3.8) is 0 Å². The van der Waals surface area contributed by atoms with Crippen LogP contribution in [-0.4, -0.2) is 0 Å².